The maximum absolute atomic E-state index is 13.5. The van der Waals surface area contributed by atoms with Crippen molar-refractivity contribution in [2.24, 2.45) is 0 Å². The van der Waals surface area contributed by atoms with Gasteiger partial charge >= 0.3 is 5.97 Å². The largest absolute Gasteiger partial charge is 0.481 e. The molecule has 2 fully saturated rings. The normalized spacial score (nSPS) is 28.5. The molecule has 9 heteroatoms. The summed E-state index contributed by atoms with van der Waals surface area (Å²) in [5, 5.41) is 17.4. The molecule has 2 aliphatic rings. The van der Waals surface area contributed by atoms with E-state index in [1.165, 1.54) is 0 Å². The van der Waals surface area contributed by atoms with Crippen molar-refractivity contribution in [2.75, 3.05) is 0 Å². The number of carboxylic acid groups (broad SMARTS) is 1. The number of sulfonamides is 1. The molecule has 190 valence electrons. The average Bonchev–Trinajstić information content (AvgIpc) is 3.42. The van der Waals surface area contributed by atoms with Crippen molar-refractivity contribution >= 4 is 16.0 Å². The minimum atomic E-state index is -3.52. The fourth-order valence-corrected chi connectivity index (χ4v) is 8.08. The lowest BCUT2D eigenvalue weighted by molar-refractivity contribution is -0.145. The summed E-state index contributed by atoms with van der Waals surface area (Å²) in [6, 6.07) is 17.1. The fourth-order valence-electron chi connectivity index (χ4n) is 5.88. The topological polar surface area (TPSA) is 105 Å². The van der Waals surface area contributed by atoms with Crippen molar-refractivity contribution in [1.82, 2.24) is 19.1 Å². The molecule has 0 spiro atoms. The highest BCUT2D eigenvalue weighted by atomic mass is 32.2. The second kappa shape index (κ2) is 9.78. The maximum Gasteiger partial charge on any atom is 0.314 e. The zero-order valence-corrected chi connectivity index (χ0v) is 21.2. The maximum atomic E-state index is 13.5. The predicted molar refractivity (Wildman–Crippen MR) is 136 cm³/mol. The Balaban J connectivity index is 1.34. The summed E-state index contributed by atoms with van der Waals surface area (Å²) >= 11 is 0. The second-order valence-corrected chi connectivity index (χ2v) is 12.2. The van der Waals surface area contributed by atoms with Crippen molar-refractivity contribution < 1.29 is 18.3 Å². The van der Waals surface area contributed by atoms with E-state index >= 15 is 0 Å². The number of carboxylic acids is 1. The molecule has 0 amide bonds. The highest BCUT2D eigenvalue weighted by Crippen LogP contribution is 2.44. The van der Waals surface area contributed by atoms with Gasteiger partial charge in [-0.3, -0.25) is 4.79 Å². The van der Waals surface area contributed by atoms with Crippen LogP contribution in [0.15, 0.2) is 67.3 Å². The molecule has 2 heterocycles. The van der Waals surface area contributed by atoms with Crippen molar-refractivity contribution in [3.05, 3.63) is 83.9 Å². The molecule has 1 N–H and O–H groups in total. The molecule has 1 saturated carbocycles. The molecule has 2 aromatic carbocycles. The Labute approximate surface area is 212 Å². The number of nitrogens with zero attached hydrogens (tertiary/aromatic N) is 4. The first-order valence-corrected chi connectivity index (χ1v) is 14.0. The Morgan fingerprint density at radius 2 is 1.61 bits per heavy atom. The van der Waals surface area contributed by atoms with Crippen LogP contribution in [0, 0.1) is 0 Å². The number of hydrogen-bond acceptors (Lipinski definition) is 5. The molecule has 0 bridgehead atoms. The lowest BCUT2D eigenvalue weighted by Gasteiger charge is -2.38. The van der Waals surface area contributed by atoms with Crippen LogP contribution in [-0.2, 0) is 26.8 Å². The van der Waals surface area contributed by atoms with Gasteiger partial charge in [-0.25, -0.2) is 8.42 Å². The molecular formula is C27H32N4O4S. The van der Waals surface area contributed by atoms with Crippen molar-refractivity contribution in [2.45, 2.75) is 74.7 Å². The molecular weight excluding hydrogens is 476 g/mol. The van der Waals surface area contributed by atoms with Crippen molar-refractivity contribution in [1.29, 1.82) is 0 Å². The van der Waals surface area contributed by atoms with Crippen LogP contribution < -0.4 is 0 Å². The van der Waals surface area contributed by atoms with Gasteiger partial charge in [0.25, 0.3) is 0 Å². The van der Waals surface area contributed by atoms with Gasteiger partial charge in [-0.15, -0.1) is 10.2 Å². The van der Waals surface area contributed by atoms with E-state index < -0.39 is 26.7 Å². The van der Waals surface area contributed by atoms with E-state index in [-0.39, 0.29) is 18.6 Å². The van der Waals surface area contributed by atoms with Gasteiger partial charge < -0.3 is 9.67 Å². The van der Waals surface area contributed by atoms with Crippen LogP contribution in [-0.4, -0.2) is 44.6 Å². The highest BCUT2D eigenvalue weighted by molar-refractivity contribution is 7.89. The molecule has 3 aromatic rings. The molecule has 1 saturated heterocycles. The minimum absolute atomic E-state index is 0.0899. The molecule has 8 nitrogen and oxygen atoms in total. The quantitative estimate of drug-likeness (QED) is 0.527. The first-order valence-electron chi connectivity index (χ1n) is 12.5. The first-order chi connectivity index (χ1) is 17.3. The van der Waals surface area contributed by atoms with E-state index in [9.17, 15) is 18.3 Å². The van der Waals surface area contributed by atoms with Crippen LogP contribution >= 0.6 is 0 Å². The lowest BCUT2D eigenvalue weighted by atomic mass is 9.68. The summed E-state index contributed by atoms with van der Waals surface area (Å²) in [7, 11) is -3.52. The predicted octanol–water partition coefficient (Wildman–Crippen LogP) is 4.47. The van der Waals surface area contributed by atoms with Crippen LogP contribution in [0.25, 0.3) is 0 Å². The third kappa shape index (κ3) is 4.46. The second-order valence-electron chi connectivity index (χ2n) is 10.1. The molecule has 2 atom stereocenters. The lowest BCUT2D eigenvalue weighted by Crippen LogP contribution is -2.44. The summed E-state index contributed by atoms with van der Waals surface area (Å²) in [5.41, 5.74) is 1.53. The standard InChI is InChI=1S/C27H32N4O4S/c1-20-7-12-25(22-5-3-2-4-6-22)36(34,35)31(20)17-21-8-10-23(11-9-21)27(26(32)33)15-13-24(14-16-27)30-18-28-29-19-30/h2-6,8-11,18-20,24-25H,7,12-17H2,1H3,(H,32,33)/t20-,24?,25+,27?/m0/s1. The average molecular weight is 509 g/mol. The molecule has 1 aromatic heterocycles. The third-order valence-electron chi connectivity index (χ3n) is 8.12. The zero-order valence-electron chi connectivity index (χ0n) is 20.4. The van der Waals surface area contributed by atoms with E-state index in [1.807, 2.05) is 66.1 Å². The fraction of sp³-hybridized carbons (Fsp3) is 0.444. The summed E-state index contributed by atoms with van der Waals surface area (Å²) in [5.74, 6) is -0.810. The Hall–Kier alpha value is -3.04. The molecule has 0 radical (unpaired) electrons. The van der Waals surface area contributed by atoms with E-state index in [0.29, 0.717) is 19.3 Å². The number of aliphatic carboxylic acids is 1. The Kier molecular flexibility index (Phi) is 6.70. The molecule has 36 heavy (non-hydrogen) atoms. The van der Waals surface area contributed by atoms with E-state index in [0.717, 1.165) is 36.0 Å². The Morgan fingerprint density at radius 1 is 0.972 bits per heavy atom. The summed E-state index contributed by atoms with van der Waals surface area (Å²) < 4.78 is 30.7. The van der Waals surface area contributed by atoms with Gasteiger partial charge in [-0.05, 0) is 62.1 Å². The Morgan fingerprint density at radius 3 is 2.22 bits per heavy atom. The van der Waals surface area contributed by atoms with Crippen molar-refractivity contribution in [3.63, 3.8) is 0 Å². The van der Waals surface area contributed by atoms with Gasteiger partial charge in [0, 0.05) is 18.6 Å². The van der Waals surface area contributed by atoms with Crippen LogP contribution in [0.2, 0.25) is 0 Å². The monoisotopic (exact) mass is 508 g/mol. The van der Waals surface area contributed by atoms with Gasteiger partial charge in [-0.1, -0.05) is 54.6 Å². The van der Waals surface area contributed by atoms with E-state index in [4.69, 9.17) is 0 Å². The van der Waals surface area contributed by atoms with Gasteiger partial charge in [0.2, 0.25) is 10.0 Å². The van der Waals surface area contributed by atoms with Crippen LogP contribution in [0.1, 0.15) is 73.4 Å². The minimum Gasteiger partial charge on any atom is -0.481 e. The van der Waals surface area contributed by atoms with Gasteiger partial charge in [-0.2, -0.15) is 4.31 Å². The molecule has 1 aliphatic carbocycles. The number of rotatable bonds is 6. The summed E-state index contributed by atoms with van der Waals surface area (Å²) in [6.07, 6.45) is 7.30. The Bertz CT molecular complexity index is 1290. The van der Waals surface area contributed by atoms with Crippen LogP contribution in [0.4, 0.5) is 0 Å². The highest BCUT2D eigenvalue weighted by Gasteiger charge is 2.44. The third-order valence-corrected chi connectivity index (χ3v) is 10.5. The van der Waals surface area contributed by atoms with E-state index in [1.54, 1.807) is 17.0 Å². The SMILES string of the molecule is C[C@H]1CC[C@H](c2ccccc2)S(=O)(=O)N1Cc1ccc(C2(C(=O)O)CCC(n3cnnc3)CC2)cc1. The van der Waals surface area contributed by atoms with Crippen LogP contribution in [0.3, 0.4) is 0 Å². The zero-order chi connectivity index (χ0) is 25.3. The van der Waals surface area contributed by atoms with Crippen LogP contribution in [0.5, 0.6) is 0 Å². The van der Waals surface area contributed by atoms with Crippen molar-refractivity contribution in [3.8, 4) is 0 Å². The molecule has 1 aliphatic heterocycles. The summed E-state index contributed by atoms with van der Waals surface area (Å²) in [4.78, 5) is 12.5. The first kappa shape index (κ1) is 24.6. The van der Waals surface area contributed by atoms with Gasteiger partial charge in [0.05, 0.1) is 5.41 Å². The van der Waals surface area contributed by atoms with Gasteiger partial charge in [0.1, 0.15) is 17.9 Å². The van der Waals surface area contributed by atoms with E-state index in [2.05, 4.69) is 10.2 Å². The number of aromatic nitrogens is 3. The number of hydrogen-bond donors (Lipinski definition) is 1. The molecule has 0 unspecified atom stereocenters. The number of carbonyl (C=O) groups is 1. The number of benzene rings is 2. The smallest absolute Gasteiger partial charge is 0.314 e. The summed E-state index contributed by atoms with van der Waals surface area (Å²) in [6.45, 7) is 2.24. The van der Waals surface area contributed by atoms with Gasteiger partial charge in [0.15, 0.2) is 0 Å². The molecule has 5 rings (SSSR count).